The van der Waals surface area contributed by atoms with Gasteiger partial charge in [0.1, 0.15) is 0 Å². The van der Waals surface area contributed by atoms with Crippen molar-refractivity contribution in [3.8, 4) is 11.1 Å². The third-order valence-corrected chi connectivity index (χ3v) is 2.96. The Hall–Kier alpha value is -1.64. The third-order valence-electron chi connectivity index (χ3n) is 2.96. The zero-order chi connectivity index (χ0) is 10.3. The number of nitrogens with one attached hydrogen (secondary N) is 1. The van der Waals surface area contributed by atoms with Gasteiger partial charge in [-0.25, -0.2) is 0 Å². The Morgan fingerprint density at radius 2 is 1.27 bits per heavy atom. The monoisotopic (exact) mass is 197 g/mol. The summed E-state index contributed by atoms with van der Waals surface area (Å²) in [7, 11) is 0. The van der Waals surface area contributed by atoms with Crippen molar-refractivity contribution in [3.05, 3.63) is 59.7 Å². The van der Waals surface area contributed by atoms with Gasteiger partial charge in [0.2, 0.25) is 0 Å². The van der Waals surface area contributed by atoms with Crippen LogP contribution in [0.5, 0.6) is 0 Å². The summed E-state index contributed by atoms with van der Waals surface area (Å²) in [6, 6.07) is 16.2. The second-order valence-corrected chi connectivity index (χ2v) is 3.74. The van der Waals surface area contributed by atoms with Crippen LogP contribution in [0.25, 0.3) is 11.1 Å². The SMILES string of the molecule is ONC1c2ccccc2-c2ccccc21. The van der Waals surface area contributed by atoms with Gasteiger partial charge in [-0.15, -0.1) is 0 Å². The van der Waals surface area contributed by atoms with Gasteiger partial charge in [-0.1, -0.05) is 48.5 Å². The van der Waals surface area contributed by atoms with Crippen molar-refractivity contribution in [2.75, 3.05) is 0 Å². The van der Waals surface area contributed by atoms with E-state index in [0.717, 1.165) is 11.1 Å². The molecular formula is C13H11NO. The Morgan fingerprint density at radius 3 is 1.73 bits per heavy atom. The molecule has 0 saturated carbocycles. The second-order valence-electron chi connectivity index (χ2n) is 3.74. The number of rotatable bonds is 1. The summed E-state index contributed by atoms with van der Waals surface area (Å²) >= 11 is 0. The van der Waals surface area contributed by atoms with Crippen molar-refractivity contribution in [3.63, 3.8) is 0 Å². The van der Waals surface area contributed by atoms with Gasteiger partial charge in [0, 0.05) is 0 Å². The molecule has 15 heavy (non-hydrogen) atoms. The Balaban J connectivity index is 2.31. The first-order valence-electron chi connectivity index (χ1n) is 4.99. The Morgan fingerprint density at radius 1 is 0.800 bits per heavy atom. The normalized spacial score (nSPS) is 13.7. The molecule has 1 aliphatic carbocycles. The van der Waals surface area contributed by atoms with Gasteiger partial charge < -0.3 is 5.21 Å². The summed E-state index contributed by atoms with van der Waals surface area (Å²) < 4.78 is 0. The number of hydroxylamine groups is 1. The molecule has 0 fully saturated rings. The summed E-state index contributed by atoms with van der Waals surface area (Å²) in [6.07, 6.45) is 0. The van der Waals surface area contributed by atoms with Gasteiger partial charge in [0.05, 0.1) is 6.04 Å². The standard InChI is InChI=1S/C13H11NO/c15-14-13-11-7-3-1-5-9(11)10-6-2-4-8-12(10)13/h1-8,13-15H. The zero-order valence-corrected chi connectivity index (χ0v) is 8.14. The van der Waals surface area contributed by atoms with Gasteiger partial charge >= 0.3 is 0 Å². The molecule has 0 atom stereocenters. The van der Waals surface area contributed by atoms with Crippen LogP contribution in [0.15, 0.2) is 48.5 Å². The highest BCUT2D eigenvalue weighted by Gasteiger charge is 2.26. The lowest BCUT2D eigenvalue weighted by Gasteiger charge is -2.09. The molecule has 0 aliphatic heterocycles. The van der Waals surface area contributed by atoms with E-state index in [4.69, 9.17) is 0 Å². The molecule has 0 amide bonds. The van der Waals surface area contributed by atoms with E-state index in [1.165, 1.54) is 11.1 Å². The number of hydrogen-bond acceptors (Lipinski definition) is 2. The number of benzene rings is 2. The first-order valence-corrected chi connectivity index (χ1v) is 4.99. The third kappa shape index (κ3) is 1.12. The van der Waals surface area contributed by atoms with Crippen LogP contribution in [0.3, 0.4) is 0 Å². The van der Waals surface area contributed by atoms with Gasteiger partial charge in [-0.2, -0.15) is 5.48 Å². The van der Waals surface area contributed by atoms with E-state index in [1.807, 2.05) is 36.4 Å². The molecule has 2 aromatic carbocycles. The molecule has 3 rings (SSSR count). The van der Waals surface area contributed by atoms with E-state index in [-0.39, 0.29) is 6.04 Å². The second kappa shape index (κ2) is 3.19. The molecule has 0 aromatic heterocycles. The van der Waals surface area contributed by atoms with Crippen molar-refractivity contribution in [2.45, 2.75) is 6.04 Å². The fourth-order valence-corrected chi connectivity index (χ4v) is 2.29. The van der Waals surface area contributed by atoms with Crippen LogP contribution in [0.1, 0.15) is 17.2 Å². The minimum absolute atomic E-state index is 0.0857. The number of fused-ring (bicyclic) bond motifs is 3. The van der Waals surface area contributed by atoms with Crippen LogP contribution >= 0.6 is 0 Å². The predicted octanol–water partition coefficient (Wildman–Crippen LogP) is 2.74. The van der Waals surface area contributed by atoms with E-state index in [1.54, 1.807) is 0 Å². The van der Waals surface area contributed by atoms with E-state index in [9.17, 15) is 5.21 Å². The fourth-order valence-electron chi connectivity index (χ4n) is 2.29. The summed E-state index contributed by atoms with van der Waals surface area (Å²) in [5.74, 6) is 0. The molecule has 74 valence electrons. The van der Waals surface area contributed by atoms with E-state index < -0.39 is 0 Å². The highest BCUT2D eigenvalue weighted by atomic mass is 16.5. The largest absolute Gasteiger partial charge is 0.316 e. The topological polar surface area (TPSA) is 32.3 Å². The minimum atomic E-state index is -0.0857. The Bertz CT molecular complexity index is 462. The lowest BCUT2D eigenvalue weighted by atomic mass is 10.1. The molecule has 0 bridgehead atoms. The van der Waals surface area contributed by atoms with Crippen molar-refractivity contribution >= 4 is 0 Å². The lowest BCUT2D eigenvalue weighted by molar-refractivity contribution is 0.142. The molecule has 2 aromatic rings. The molecule has 2 heteroatoms. The Kier molecular flexibility index (Phi) is 1.84. The molecule has 2 nitrogen and oxygen atoms in total. The molecule has 2 N–H and O–H groups in total. The zero-order valence-electron chi connectivity index (χ0n) is 8.14. The van der Waals surface area contributed by atoms with Crippen molar-refractivity contribution in [1.29, 1.82) is 0 Å². The van der Waals surface area contributed by atoms with E-state index >= 15 is 0 Å². The Labute approximate surface area is 88.1 Å². The average Bonchev–Trinajstić information content (AvgIpc) is 2.63. The lowest BCUT2D eigenvalue weighted by Crippen LogP contribution is -2.15. The van der Waals surface area contributed by atoms with Crippen LogP contribution < -0.4 is 5.48 Å². The molecule has 0 saturated heterocycles. The maximum atomic E-state index is 9.21. The molecule has 0 spiro atoms. The maximum Gasteiger partial charge on any atom is 0.0831 e. The van der Waals surface area contributed by atoms with Crippen molar-refractivity contribution in [2.24, 2.45) is 0 Å². The van der Waals surface area contributed by atoms with Crippen LogP contribution in [0.4, 0.5) is 0 Å². The van der Waals surface area contributed by atoms with Gasteiger partial charge in [0.25, 0.3) is 0 Å². The van der Waals surface area contributed by atoms with Gasteiger partial charge in [0.15, 0.2) is 0 Å². The average molecular weight is 197 g/mol. The predicted molar refractivity (Wildman–Crippen MR) is 58.6 cm³/mol. The summed E-state index contributed by atoms with van der Waals surface area (Å²) in [5.41, 5.74) is 7.07. The van der Waals surface area contributed by atoms with E-state index in [0.29, 0.717) is 0 Å². The highest BCUT2D eigenvalue weighted by molar-refractivity contribution is 5.78. The molecule has 1 aliphatic rings. The molecular weight excluding hydrogens is 186 g/mol. The minimum Gasteiger partial charge on any atom is -0.316 e. The smallest absolute Gasteiger partial charge is 0.0831 e. The van der Waals surface area contributed by atoms with Crippen LogP contribution in [0, 0.1) is 0 Å². The van der Waals surface area contributed by atoms with Crippen molar-refractivity contribution in [1.82, 2.24) is 5.48 Å². The van der Waals surface area contributed by atoms with Gasteiger partial charge in [-0.05, 0) is 22.3 Å². The molecule has 0 unspecified atom stereocenters. The van der Waals surface area contributed by atoms with Crippen LogP contribution in [-0.4, -0.2) is 5.21 Å². The quantitative estimate of drug-likeness (QED) is 0.689. The molecule has 0 heterocycles. The molecule has 0 radical (unpaired) electrons. The maximum absolute atomic E-state index is 9.21. The first kappa shape index (κ1) is 8.65. The summed E-state index contributed by atoms with van der Waals surface area (Å²) in [5, 5.41) is 9.21. The highest BCUT2D eigenvalue weighted by Crippen LogP contribution is 2.42. The fraction of sp³-hybridized carbons (Fsp3) is 0.0769. The van der Waals surface area contributed by atoms with E-state index in [2.05, 4.69) is 17.6 Å². The summed E-state index contributed by atoms with van der Waals surface area (Å²) in [4.78, 5) is 0. The van der Waals surface area contributed by atoms with Crippen LogP contribution in [-0.2, 0) is 0 Å². The number of hydrogen-bond donors (Lipinski definition) is 2. The summed E-state index contributed by atoms with van der Waals surface area (Å²) in [6.45, 7) is 0. The van der Waals surface area contributed by atoms with Crippen molar-refractivity contribution < 1.29 is 5.21 Å². The van der Waals surface area contributed by atoms with Gasteiger partial charge in [-0.3, -0.25) is 0 Å². The first-order chi connectivity index (χ1) is 7.42. The van der Waals surface area contributed by atoms with Crippen LogP contribution in [0.2, 0.25) is 0 Å².